The van der Waals surface area contributed by atoms with Gasteiger partial charge in [0.25, 0.3) is 0 Å². The summed E-state index contributed by atoms with van der Waals surface area (Å²) in [6.45, 7) is 2.35. The molecule has 4 N–H and O–H groups in total. The number of hydrogen-bond donors (Lipinski definition) is 3. The summed E-state index contributed by atoms with van der Waals surface area (Å²) in [5.41, 5.74) is 7.22. The summed E-state index contributed by atoms with van der Waals surface area (Å²) in [5, 5.41) is 9.93. The average Bonchev–Trinajstić information content (AvgIpc) is 3.27. The Balaban J connectivity index is 1.57. The van der Waals surface area contributed by atoms with Gasteiger partial charge < -0.3 is 11.1 Å². The van der Waals surface area contributed by atoms with Gasteiger partial charge in [-0.25, -0.2) is 4.98 Å². The van der Waals surface area contributed by atoms with E-state index in [2.05, 4.69) is 20.5 Å². The Bertz CT molecular complexity index is 673. The summed E-state index contributed by atoms with van der Waals surface area (Å²) in [4.78, 5) is 16.6. The van der Waals surface area contributed by atoms with Crippen LogP contribution in [0.5, 0.6) is 0 Å². The Morgan fingerprint density at radius 2 is 2.04 bits per heavy atom. The predicted molar refractivity (Wildman–Crippen MR) is 94.1 cm³/mol. The van der Waals surface area contributed by atoms with Gasteiger partial charge in [-0.15, -0.1) is 0 Å². The number of carbonyl (C=O) groups excluding carboxylic acids is 1. The van der Waals surface area contributed by atoms with Crippen LogP contribution in [0, 0.1) is 11.8 Å². The molecule has 6 nitrogen and oxygen atoms in total. The van der Waals surface area contributed by atoms with E-state index in [1.54, 1.807) is 0 Å². The molecule has 1 heterocycles. The van der Waals surface area contributed by atoms with Crippen LogP contribution in [0.2, 0.25) is 0 Å². The minimum atomic E-state index is 0.0490. The van der Waals surface area contributed by atoms with E-state index in [-0.39, 0.29) is 11.8 Å². The number of nitrogens with one attached hydrogen (secondary N) is 2. The highest BCUT2D eigenvalue weighted by Gasteiger charge is 2.21. The molecule has 6 heteroatoms. The Labute approximate surface area is 142 Å². The van der Waals surface area contributed by atoms with Crippen LogP contribution >= 0.6 is 0 Å². The normalized spacial score (nSPS) is 16.2. The molecule has 24 heavy (non-hydrogen) atoms. The molecule has 1 saturated carbocycles. The molecule has 0 radical (unpaired) electrons. The number of nitrogens with two attached hydrogens (primary N) is 1. The summed E-state index contributed by atoms with van der Waals surface area (Å²) in [6.07, 6.45) is 6.16. The van der Waals surface area contributed by atoms with E-state index in [1.165, 1.54) is 25.7 Å². The molecule has 1 aliphatic carbocycles. The summed E-state index contributed by atoms with van der Waals surface area (Å²) < 4.78 is 0. The topological polar surface area (TPSA) is 96.7 Å². The Morgan fingerprint density at radius 1 is 1.33 bits per heavy atom. The first-order chi connectivity index (χ1) is 11.7. The number of rotatable bonds is 6. The van der Waals surface area contributed by atoms with Crippen molar-refractivity contribution in [2.24, 2.45) is 17.6 Å². The predicted octanol–water partition coefficient (Wildman–Crippen LogP) is 3.09. The lowest BCUT2D eigenvalue weighted by Gasteiger charge is -2.16. The second kappa shape index (κ2) is 7.57. The molecule has 0 saturated heterocycles. The lowest BCUT2D eigenvalue weighted by molar-refractivity contribution is -0.119. The van der Waals surface area contributed by atoms with E-state index < -0.39 is 0 Å². The quantitative estimate of drug-likeness (QED) is 0.759. The molecule has 0 aliphatic heterocycles. The van der Waals surface area contributed by atoms with Gasteiger partial charge in [-0.2, -0.15) is 5.10 Å². The van der Waals surface area contributed by atoms with Crippen molar-refractivity contribution in [2.45, 2.75) is 45.6 Å². The highest BCUT2D eigenvalue weighted by atomic mass is 16.1. The number of H-pyrrole nitrogens is 1. The minimum Gasteiger partial charge on any atom is -0.326 e. The van der Waals surface area contributed by atoms with Crippen LogP contribution in [0.3, 0.4) is 0 Å². The molecule has 1 aromatic carbocycles. The molecule has 1 amide bonds. The lowest BCUT2D eigenvalue weighted by Crippen LogP contribution is -2.22. The first-order valence-corrected chi connectivity index (χ1v) is 8.68. The number of carbonyl (C=O) groups is 1. The summed E-state index contributed by atoms with van der Waals surface area (Å²) in [5.74, 6) is 2.13. The zero-order chi connectivity index (χ0) is 16.9. The number of nitrogens with zero attached hydrogens (tertiary/aromatic N) is 2. The molecule has 2 aromatic rings. The van der Waals surface area contributed by atoms with Crippen molar-refractivity contribution < 1.29 is 4.79 Å². The smallest absolute Gasteiger partial charge is 0.227 e. The molecular weight excluding hydrogens is 302 g/mol. The average molecular weight is 327 g/mol. The third kappa shape index (κ3) is 4.00. The molecule has 128 valence electrons. The van der Waals surface area contributed by atoms with Crippen molar-refractivity contribution in [3.05, 3.63) is 30.1 Å². The van der Waals surface area contributed by atoms with Crippen LogP contribution in [0.15, 0.2) is 24.3 Å². The zero-order valence-electron chi connectivity index (χ0n) is 14.1. The standard InChI is InChI=1S/C18H25N5O/c1-12(10-13-4-2-3-5-13)18(24)20-15-8-6-14(7-9-15)17-21-16(11-19)22-23-17/h6-9,12-13H,2-5,10-11,19H2,1H3,(H,20,24)(H,21,22,23). The molecule has 1 fully saturated rings. The van der Waals surface area contributed by atoms with Crippen molar-refractivity contribution in [2.75, 3.05) is 5.32 Å². The maximum absolute atomic E-state index is 12.3. The van der Waals surface area contributed by atoms with Gasteiger partial charge in [0, 0.05) is 17.2 Å². The fraction of sp³-hybridized carbons (Fsp3) is 0.500. The molecule has 1 atom stereocenters. The van der Waals surface area contributed by atoms with Crippen LogP contribution in [0.4, 0.5) is 5.69 Å². The van der Waals surface area contributed by atoms with Crippen LogP contribution < -0.4 is 11.1 Å². The molecule has 3 rings (SSSR count). The number of aromatic amines is 1. The minimum absolute atomic E-state index is 0.0490. The molecule has 0 spiro atoms. The van der Waals surface area contributed by atoms with E-state index in [4.69, 9.17) is 5.73 Å². The third-order valence-electron chi connectivity index (χ3n) is 4.74. The Morgan fingerprint density at radius 3 is 2.67 bits per heavy atom. The van der Waals surface area contributed by atoms with E-state index in [0.717, 1.165) is 23.6 Å². The zero-order valence-corrected chi connectivity index (χ0v) is 14.1. The van der Waals surface area contributed by atoms with Crippen LogP contribution in [-0.4, -0.2) is 21.1 Å². The van der Waals surface area contributed by atoms with E-state index in [0.29, 0.717) is 18.2 Å². The van der Waals surface area contributed by atoms with Crippen molar-refractivity contribution in [3.8, 4) is 11.4 Å². The highest BCUT2D eigenvalue weighted by Crippen LogP contribution is 2.30. The Hall–Kier alpha value is -2.21. The van der Waals surface area contributed by atoms with E-state index in [1.807, 2.05) is 31.2 Å². The molecular formula is C18H25N5O. The van der Waals surface area contributed by atoms with Crippen molar-refractivity contribution >= 4 is 11.6 Å². The lowest BCUT2D eigenvalue weighted by atomic mass is 9.94. The van der Waals surface area contributed by atoms with E-state index >= 15 is 0 Å². The fourth-order valence-electron chi connectivity index (χ4n) is 3.34. The highest BCUT2D eigenvalue weighted by molar-refractivity contribution is 5.92. The van der Waals surface area contributed by atoms with Crippen LogP contribution in [0.25, 0.3) is 11.4 Å². The number of benzene rings is 1. The van der Waals surface area contributed by atoms with E-state index in [9.17, 15) is 4.79 Å². The Kier molecular flexibility index (Phi) is 5.25. The maximum atomic E-state index is 12.3. The van der Waals surface area contributed by atoms with Crippen LogP contribution in [0.1, 0.15) is 44.9 Å². The number of hydrogen-bond acceptors (Lipinski definition) is 4. The van der Waals surface area contributed by atoms with Crippen molar-refractivity contribution in [1.82, 2.24) is 15.2 Å². The second-order valence-electron chi connectivity index (χ2n) is 6.66. The van der Waals surface area contributed by atoms with Gasteiger partial charge >= 0.3 is 0 Å². The monoisotopic (exact) mass is 327 g/mol. The number of aromatic nitrogens is 3. The number of anilines is 1. The first kappa shape index (κ1) is 16.6. The van der Waals surface area contributed by atoms with Gasteiger partial charge in [0.1, 0.15) is 5.82 Å². The number of amides is 1. The SMILES string of the molecule is CC(CC1CCCC1)C(=O)Nc1ccc(-c2n[nH]c(CN)n2)cc1. The van der Waals surface area contributed by atoms with Crippen molar-refractivity contribution in [3.63, 3.8) is 0 Å². The third-order valence-corrected chi connectivity index (χ3v) is 4.74. The fourth-order valence-corrected chi connectivity index (χ4v) is 3.34. The summed E-state index contributed by atoms with van der Waals surface area (Å²) in [6, 6.07) is 7.57. The van der Waals surface area contributed by atoms with Gasteiger partial charge in [0.2, 0.25) is 5.91 Å². The molecule has 1 aromatic heterocycles. The first-order valence-electron chi connectivity index (χ1n) is 8.68. The van der Waals surface area contributed by atoms with Crippen molar-refractivity contribution in [1.29, 1.82) is 0 Å². The largest absolute Gasteiger partial charge is 0.326 e. The van der Waals surface area contributed by atoms with Gasteiger partial charge in [0.15, 0.2) is 5.82 Å². The second-order valence-corrected chi connectivity index (χ2v) is 6.66. The molecule has 1 unspecified atom stereocenters. The maximum Gasteiger partial charge on any atom is 0.227 e. The van der Waals surface area contributed by atoms with Gasteiger partial charge in [0.05, 0.1) is 6.54 Å². The summed E-state index contributed by atoms with van der Waals surface area (Å²) >= 11 is 0. The molecule has 1 aliphatic rings. The summed E-state index contributed by atoms with van der Waals surface area (Å²) in [7, 11) is 0. The van der Waals surface area contributed by atoms with Crippen LogP contribution in [-0.2, 0) is 11.3 Å². The van der Waals surface area contributed by atoms with Gasteiger partial charge in [-0.1, -0.05) is 32.6 Å². The molecule has 0 bridgehead atoms. The van der Waals surface area contributed by atoms with Gasteiger partial charge in [-0.05, 0) is 36.6 Å². The van der Waals surface area contributed by atoms with Gasteiger partial charge in [-0.3, -0.25) is 9.89 Å².